The average molecular weight is 178 g/mol. The van der Waals surface area contributed by atoms with Crippen LogP contribution in [0.3, 0.4) is 0 Å². The second-order valence-electron chi connectivity index (χ2n) is 2.26. The predicted octanol–water partition coefficient (Wildman–Crippen LogP) is 1.80. The van der Waals surface area contributed by atoms with Crippen LogP contribution in [0.4, 0.5) is 0 Å². The minimum atomic E-state index is -2.28. The molecular weight excluding hydrogens is 167 g/mol. The summed E-state index contributed by atoms with van der Waals surface area (Å²) in [5.74, 6) is -0.823. The summed E-state index contributed by atoms with van der Waals surface area (Å²) >= 11 is 0. The van der Waals surface area contributed by atoms with Crippen molar-refractivity contribution in [1.82, 2.24) is 0 Å². The van der Waals surface area contributed by atoms with Gasteiger partial charge >= 0.3 is 13.6 Å². The Labute approximate surface area is 65.4 Å². The van der Waals surface area contributed by atoms with E-state index in [4.69, 9.17) is 5.11 Å². The van der Waals surface area contributed by atoms with Gasteiger partial charge in [-0.05, 0) is 12.8 Å². The van der Waals surface area contributed by atoms with Gasteiger partial charge in [0.2, 0.25) is 0 Å². The Hall–Kier alpha value is -0.630. The van der Waals surface area contributed by atoms with Crippen LogP contribution in [-0.4, -0.2) is 17.2 Å². The molecule has 1 N–H and O–H groups in total. The molecular formula is C6H11O4P. The van der Waals surface area contributed by atoms with E-state index >= 15 is 0 Å². The highest BCUT2D eigenvalue weighted by atomic mass is 31.1. The third kappa shape index (κ3) is 9.37. The first-order valence-corrected chi connectivity index (χ1v) is 4.83. The number of carbonyl (C=O) groups is 1. The molecule has 0 rings (SSSR count). The summed E-state index contributed by atoms with van der Waals surface area (Å²) in [7, 11) is -2.28. The van der Waals surface area contributed by atoms with E-state index < -0.39 is 13.6 Å². The number of unbranched alkanes of at least 4 members (excludes halogenated alkanes) is 2. The lowest BCUT2D eigenvalue weighted by molar-refractivity contribution is -0.137. The van der Waals surface area contributed by atoms with Gasteiger partial charge in [0.15, 0.2) is 0 Å². The van der Waals surface area contributed by atoms with E-state index in [1.807, 2.05) is 0 Å². The molecule has 11 heavy (non-hydrogen) atoms. The summed E-state index contributed by atoms with van der Waals surface area (Å²) in [4.78, 5) is 9.98. The number of hydrogen-bond donors (Lipinski definition) is 1. The maximum atomic E-state index is 10.0. The van der Waals surface area contributed by atoms with E-state index in [2.05, 4.69) is 0 Å². The second kappa shape index (κ2) is 6.10. The molecule has 0 aromatic carbocycles. The van der Waals surface area contributed by atoms with Crippen LogP contribution in [-0.2, 0) is 13.9 Å². The van der Waals surface area contributed by atoms with Crippen molar-refractivity contribution in [2.24, 2.45) is 0 Å². The summed E-state index contributed by atoms with van der Waals surface area (Å²) in [5, 5.41) is 8.20. The lowest BCUT2D eigenvalue weighted by Crippen LogP contribution is -1.93. The third-order valence-corrected chi connectivity index (χ3v) is 1.91. The highest BCUT2D eigenvalue weighted by molar-refractivity contribution is 7.30. The van der Waals surface area contributed by atoms with Crippen LogP contribution < -0.4 is 0 Å². The van der Waals surface area contributed by atoms with Crippen molar-refractivity contribution in [3.8, 4) is 0 Å². The Balaban J connectivity index is 3.09. The van der Waals surface area contributed by atoms with Crippen LogP contribution >= 0.6 is 7.68 Å². The fourth-order valence-corrected chi connectivity index (χ4v) is 1.18. The summed E-state index contributed by atoms with van der Waals surface area (Å²) in [6.45, 7) is 0. The van der Waals surface area contributed by atoms with E-state index in [-0.39, 0.29) is 12.6 Å². The monoisotopic (exact) mass is 178 g/mol. The summed E-state index contributed by atoms with van der Waals surface area (Å²) < 4.78 is 20.0. The topological polar surface area (TPSA) is 71.4 Å². The number of carboxylic acid groups (broad SMARTS) is 1. The molecule has 0 saturated carbocycles. The molecule has 0 fully saturated rings. The van der Waals surface area contributed by atoms with Gasteiger partial charge in [0.05, 0.1) is 6.16 Å². The summed E-state index contributed by atoms with van der Waals surface area (Å²) in [6, 6.07) is 0. The molecule has 0 aliphatic carbocycles. The normalized spacial score (nSPS) is 9.45. The zero-order valence-electron chi connectivity index (χ0n) is 6.15. The fourth-order valence-electron chi connectivity index (χ4n) is 0.694. The van der Waals surface area contributed by atoms with Crippen LogP contribution in [0, 0.1) is 0 Å². The highest BCUT2D eigenvalue weighted by Crippen LogP contribution is 2.09. The van der Waals surface area contributed by atoms with E-state index in [9.17, 15) is 13.9 Å². The molecule has 0 amide bonds. The molecule has 0 aliphatic heterocycles. The van der Waals surface area contributed by atoms with Crippen molar-refractivity contribution in [1.29, 1.82) is 0 Å². The molecule has 0 unspecified atom stereocenters. The molecule has 0 aromatic rings. The van der Waals surface area contributed by atoms with Crippen LogP contribution in [0.2, 0.25) is 0 Å². The van der Waals surface area contributed by atoms with E-state index in [1.54, 1.807) is 0 Å². The van der Waals surface area contributed by atoms with Gasteiger partial charge in [-0.1, -0.05) is 6.42 Å². The van der Waals surface area contributed by atoms with E-state index in [1.165, 1.54) is 0 Å². The van der Waals surface area contributed by atoms with E-state index in [0.717, 1.165) is 0 Å². The van der Waals surface area contributed by atoms with Gasteiger partial charge in [-0.3, -0.25) is 4.79 Å². The van der Waals surface area contributed by atoms with Crippen LogP contribution in [0.25, 0.3) is 0 Å². The Bertz CT molecular complexity index is 177. The lowest BCUT2D eigenvalue weighted by Gasteiger charge is -1.92. The van der Waals surface area contributed by atoms with Crippen molar-refractivity contribution in [2.45, 2.75) is 25.7 Å². The SMILES string of the molecule is O=C(O)CCCCCP(=O)=O. The van der Waals surface area contributed by atoms with Crippen LogP contribution in [0.15, 0.2) is 0 Å². The van der Waals surface area contributed by atoms with Gasteiger partial charge in [0.25, 0.3) is 0 Å². The van der Waals surface area contributed by atoms with Crippen molar-refractivity contribution < 1.29 is 19.0 Å². The van der Waals surface area contributed by atoms with E-state index in [0.29, 0.717) is 19.3 Å². The first-order valence-electron chi connectivity index (χ1n) is 3.46. The largest absolute Gasteiger partial charge is 0.481 e. The predicted molar refractivity (Wildman–Crippen MR) is 39.3 cm³/mol. The summed E-state index contributed by atoms with van der Waals surface area (Å²) in [5.41, 5.74) is 0. The standard InChI is InChI=1S/C6H11O4P/c7-6(8)4-2-1-3-5-11(9)10/h1-5H2,(H,7,8). The smallest absolute Gasteiger partial charge is 0.315 e. The quantitative estimate of drug-likeness (QED) is 0.497. The molecule has 5 heteroatoms. The zero-order valence-corrected chi connectivity index (χ0v) is 7.05. The Morgan fingerprint density at radius 1 is 1.18 bits per heavy atom. The fraction of sp³-hybridized carbons (Fsp3) is 0.833. The molecule has 0 heterocycles. The molecule has 0 bridgehead atoms. The number of rotatable bonds is 6. The molecule has 64 valence electrons. The first kappa shape index (κ1) is 10.4. The van der Waals surface area contributed by atoms with Crippen LogP contribution in [0.5, 0.6) is 0 Å². The van der Waals surface area contributed by atoms with Gasteiger partial charge in [0.1, 0.15) is 0 Å². The second-order valence-corrected chi connectivity index (χ2v) is 3.37. The minimum Gasteiger partial charge on any atom is -0.481 e. The molecule has 4 nitrogen and oxygen atoms in total. The maximum absolute atomic E-state index is 10.0. The maximum Gasteiger partial charge on any atom is 0.315 e. The first-order chi connectivity index (χ1) is 5.13. The summed E-state index contributed by atoms with van der Waals surface area (Å²) in [6.07, 6.45) is 2.13. The molecule has 0 aliphatic rings. The molecule has 0 aromatic heterocycles. The number of aliphatic carboxylic acids is 1. The zero-order chi connectivity index (χ0) is 8.69. The van der Waals surface area contributed by atoms with Gasteiger partial charge < -0.3 is 5.11 Å². The number of carboxylic acids is 1. The highest BCUT2D eigenvalue weighted by Gasteiger charge is 1.97. The van der Waals surface area contributed by atoms with Crippen molar-refractivity contribution in [3.05, 3.63) is 0 Å². The molecule has 0 saturated heterocycles. The number of hydrogen-bond acceptors (Lipinski definition) is 3. The van der Waals surface area contributed by atoms with Crippen molar-refractivity contribution in [3.63, 3.8) is 0 Å². The van der Waals surface area contributed by atoms with Crippen molar-refractivity contribution >= 4 is 13.6 Å². The van der Waals surface area contributed by atoms with Gasteiger partial charge in [-0.2, -0.15) is 0 Å². The lowest BCUT2D eigenvalue weighted by atomic mass is 10.2. The molecule has 0 spiro atoms. The van der Waals surface area contributed by atoms with Gasteiger partial charge in [0, 0.05) is 6.42 Å². The van der Waals surface area contributed by atoms with Crippen LogP contribution in [0.1, 0.15) is 25.7 Å². The Kier molecular flexibility index (Phi) is 5.75. The minimum absolute atomic E-state index is 0.135. The van der Waals surface area contributed by atoms with Crippen molar-refractivity contribution in [2.75, 3.05) is 6.16 Å². The van der Waals surface area contributed by atoms with Gasteiger partial charge in [-0.15, -0.1) is 0 Å². The Morgan fingerprint density at radius 3 is 2.27 bits per heavy atom. The van der Waals surface area contributed by atoms with Gasteiger partial charge in [-0.25, -0.2) is 9.13 Å². The molecule has 0 atom stereocenters. The molecule has 0 radical (unpaired) electrons. The Morgan fingerprint density at radius 2 is 1.82 bits per heavy atom. The average Bonchev–Trinajstić information content (AvgIpc) is 1.85. The third-order valence-electron chi connectivity index (χ3n) is 1.23.